The van der Waals surface area contributed by atoms with Gasteiger partial charge in [0.15, 0.2) is 27.6 Å². The number of rotatable bonds is 8. The van der Waals surface area contributed by atoms with Gasteiger partial charge in [-0.3, -0.25) is 14.5 Å². The van der Waals surface area contributed by atoms with E-state index in [4.69, 9.17) is 10.6 Å². The van der Waals surface area contributed by atoms with E-state index in [2.05, 4.69) is 20.4 Å². The lowest BCUT2D eigenvalue weighted by Gasteiger charge is -2.49. The molecule has 5 rings (SSSR count). The number of fused-ring (bicyclic) bond motifs is 2. The van der Waals surface area contributed by atoms with Crippen LogP contribution in [0.5, 0.6) is 0 Å². The van der Waals surface area contributed by atoms with Crippen molar-refractivity contribution in [2.75, 3.05) is 24.3 Å². The van der Waals surface area contributed by atoms with Crippen LogP contribution in [-0.4, -0.2) is 73.5 Å². The number of nitrogen functional groups attached to an aromatic ring is 1. The molecule has 0 radical (unpaired) electrons. The minimum atomic E-state index is -1.19. The third kappa shape index (κ3) is 4.88. The van der Waals surface area contributed by atoms with Crippen molar-refractivity contribution in [3.8, 4) is 0 Å². The summed E-state index contributed by atoms with van der Waals surface area (Å²) >= 11 is 5.50. The number of aliphatic carboxylic acids is 1. The molecule has 1 unspecified atom stereocenters. The standard InChI is InChI=1S/C21H19N7O5S4/c1-27-4-3-12-10(5-27)24-21(37-12)36-7-9-6-34-18-14(17(30)28(18)15(9)19(31)32)25-16(29)13(26-33-2)11-8-35-20(22)23-11/h3-5,8,14,18H,6-7H2,1-2H3,(H3-,22,23,25,29,31,32)/p+1/b26-13-/t14?,18-/m0/s1. The molecule has 192 valence electrons. The molecule has 0 aromatic carbocycles. The largest absolute Gasteiger partial charge is 0.477 e. The molecule has 3 aromatic rings. The number of anilines is 1. The molecule has 4 N–H and O–H groups in total. The number of carbonyl (C=O) groups excluding carboxylic acids is 2. The van der Waals surface area contributed by atoms with Gasteiger partial charge in [0.05, 0.1) is 4.70 Å². The number of hydrogen-bond donors (Lipinski definition) is 3. The Kier molecular flexibility index (Phi) is 7.06. The second-order valence-corrected chi connectivity index (χ2v) is 12.2. The molecule has 2 aliphatic rings. The Morgan fingerprint density at radius 1 is 1.43 bits per heavy atom. The van der Waals surface area contributed by atoms with Crippen molar-refractivity contribution in [2.45, 2.75) is 15.8 Å². The van der Waals surface area contributed by atoms with Gasteiger partial charge in [0, 0.05) is 23.0 Å². The Balaban J connectivity index is 1.31. The van der Waals surface area contributed by atoms with Crippen molar-refractivity contribution in [1.82, 2.24) is 20.2 Å². The van der Waals surface area contributed by atoms with E-state index in [-0.39, 0.29) is 22.2 Å². The summed E-state index contributed by atoms with van der Waals surface area (Å²) in [7, 11) is 3.21. The van der Waals surface area contributed by atoms with E-state index in [0.29, 0.717) is 17.1 Å². The number of nitrogens with two attached hydrogens (primary N) is 1. The first-order chi connectivity index (χ1) is 17.8. The predicted octanol–water partition coefficient (Wildman–Crippen LogP) is 1.04. The van der Waals surface area contributed by atoms with E-state index in [1.165, 1.54) is 46.9 Å². The average Bonchev–Trinajstić information content (AvgIpc) is 3.48. The fourth-order valence-electron chi connectivity index (χ4n) is 3.86. The van der Waals surface area contributed by atoms with E-state index in [0.717, 1.165) is 25.9 Å². The van der Waals surface area contributed by atoms with Gasteiger partial charge in [-0.15, -0.1) is 34.4 Å². The van der Waals surface area contributed by atoms with E-state index in [1.54, 1.807) is 5.38 Å². The molecule has 3 aromatic heterocycles. The molecule has 0 saturated carbocycles. The van der Waals surface area contributed by atoms with Gasteiger partial charge < -0.3 is 21.0 Å². The Hall–Kier alpha value is -3.21. The number of thiazole rings is 2. The second-order valence-electron chi connectivity index (χ2n) is 7.94. The van der Waals surface area contributed by atoms with E-state index < -0.39 is 29.2 Å². The van der Waals surface area contributed by atoms with Crippen molar-refractivity contribution in [3.05, 3.63) is 40.8 Å². The third-order valence-electron chi connectivity index (χ3n) is 5.52. The Morgan fingerprint density at radius 3 is 2.95 bits per heavy atom. The summed E-state index contributed by atoms with van der Waals surface area (Å²) in [6, 6.07) is 1.07. The van der Waals surface area contributed by atoms with Crippen molar-refractivity contribution < 1.29 is 28.9 Å². The monoisotopic (exact) mass is 578 g/mol. The summed E-state index contributed by atoms with van der Waals surface area (Å²) in [5, 5.41) is 17.6. The maximum Gasteiger partial charge on any atom is 0.352 e. The number of carboxylic acid groups (broad SMARTS) is 1. The molecular formula is C21H20N7O5S4+. The van der Waals surface area contributed by atoms with Crippen LogP contribution in [0.2, 0.25) is 0 Å². The molecule has 1 saturated heterocycles. The number of β-lactam (4-membered cyclic amide) rings is 1. The molecule has 16 heteroatoms. The first kappa shape index (κ1) is 25.4. The topological polar surface area (TPSA) is 164 Å². The smallest absolute Gasteiger partial charge is 0.352 e. The number of carbonyl (C=O) groups is 3. The predicted molar refractivity (Wildman–Crippen MR) is 141 cm³/mol. The molecule has 0 bridgehead atoms. The van der Waals surface area contributed by atoms with Crippen LogP contribution in [0.25, 0.3) is 10.2 Å². The molecule has 2 atom stereocenters. The zero-order valence-electron chi connectivity index (χ0n) is 19.4. The summed E-state index contributed by atoms with van der Waals surface area (Å²) in [5.41, 5.74) is 7.20. The van der Waals surface area contributed by atoms with Crippen LogP contribution in [-0.2, 0) is 26.3 Å². The summed E-state index contributed by atoms with van der Waals surface area (Å²) in [4.78, 5) is 52.7. The lowest BCUT2D eigenvalue weighted by Crippen LogP contribution is -2.71. The summed E-state index contributed by atoms with van der Waals surface area (Å²) in [5.74, 6) is -1.58. The highest BCUT2D eigenvalue weighted by Crippen LogP contribution is 2.42. The van der Waals surface area contributed by atoms with Crippen molar-refractivity contribution in [1.29, 1.82) is 0 Å². The molecule has 2 amide bonds. The maximum atomic E-state index is 13.0. The van der Waals surface area contributed by atoms with Gasteiger partial charge >= 0.3 is 5.97 Å². The molecular weight excluding hydrogens is 559 g/mol. The first-order valence-electron chi connectivity index (χ1n) is 10.7. The Morgan fingerprint density at radius 2 is 2.24 bits per heavy atom. The molecule has 5 heterocycles. The van der Waals surface area contributed by atoms with Gasteiger partial charge in [-0.25, -0.2) is 19.3 Å². The zero-order chi connectivity index (χ0) is 26.3. The van der Waals surface area contributed by atoms with Gasteiger partial charge in [0.2, 0.25) is 0 Å². The number of thioether (sulfide) groups is 2. The normalized spacial score (nSPS) is 19.6. The molecule has 1 fully saturated rings. The van der Waals surface area contributed by atoms with E-state index >= 15 is 0 Å². The number of aromatic nitrogens is 3. The highest BCUT2D eigenvalue weighted by atomic mass is 32.2. The van der Waals surface area contributed by atoms with Crippen LogP contribution in [0.4, 0.5) is 5.13 Å². The fourth-order valence-corrected chi connectivity index (χ4v) is 7.93. The van der Waals surface area contributed by atoms with Crippen molar-refractivity contribution in [2.24, 2.45) is 12.2 Å². The molecule has 0 aliphatic carbocycles. The quantitative estimate of drug-likeness (QED) is 0.116. The summed E-state index contributed by atoms with van der Waals surface area (Å²) in [6.07, 6.45) is 3.87. The molecule has 37 heavy (non-hydrogen) atoms. The molecule has 0 spiro atoms. The third-order valence-corrected chi connectivity index (χ3v) is 9.80. The number of nitrogens with zero attached hydrogens (tertiary/aromatic N) is 5. The van der Waals surface area contributed by atoms with Gasteiger partial charge in [0.25, 0.3) is 11.8 Å². The minimum Gasteiger partial charge on any atom is -0.477 e. The van der Waals surface area contributed by atoms with E-state index in [1.807, 2.05) is 30.1 Å². The van der Waals surface area contributed by atoms with Crippen LogP contribution < -0.4 is 15.6 Å². The maximum absolute atomic E-state index is 13.0. The van der Waals surface area contributed by atoms with Gasteiger partial charge in [-0.2, -0.15) is 0 Å². The van der Waals surface area contributed by atoms with Crippen LogP contribution in [0, 0.1) is 0 Å². The Labute approximate surface area is 226 Å². The average molecular weight is 579 g/mol. The van der Waals surface area contributed by atoms with Gasteiger partial charge in [-0.1, -0.05) is 16.9 Å². The second kappa shape index (κ2) is 10.3. The van der Waals surface area contributed by atoms with Crippen LogP contribution >= 0.6 is 46.2 Å². The number of hydrogen-bond acceptors (Lipinski definition) is 12. The van der Waals surface area contributed by atoms with Gasteiger partial charge in [-0.05, 0) is 5.57 Å². The lowest BCUT2D eigenvalue weighted by molar-refractivity contribution is -0.670. The zero-order valence-corrected chi connectivity index (χ0v) is 22.7. The lowest BCUT2D eigenvalue weighted by atomic mass is 10.0. The number of oxime groups is 1. The minimum absolute atomic E-state index is 0.0442. The number of amides is 2. The van der Waals surface area contributed by atoms with Crippen LogP contribution in [0.15, 0.2) is 44.6 Å². The van der Waals surface area contributed by atoms with Crippen LogP contribution in [0.1, 0.15) is 5.69 Å². The molecule has 12 nitrogen and oxygen atoms in total. The first-order valence-corrected chi connectivity index (χ1v) is 14.4. The highest BCUT2D eigenvalue weighted by molar-refractivity contribution is 8.02. The van der Waals surface area contributed by atoms with Gasteiger partial charge in [0.1, 0.15) is 42.5 Å². The summed E-state index contributed by atoms with van der Waals surface area (Å²) < 4.78 is 3.78. The number of nitrogens with one attached hydrogen (secondary N) is 1. The number of pyridine rings is 1. The van der Waals surface area contributed by atoms with E-state index in [9.17, 15) is 19.5 Å². The number of carboxylic acids is 1. The fraction of sp³-hybridized carbons (Fsp3) is 0.286. The highest BCUT2D eigenvalue weighted by Gasteiger charge is 2.54. The van der Waals surface area contributed by atoms with Crippen molar-refractivity contribution in [3.63, 3.8) is 0 Å². The summed E-state index contributed by atoms with van der Waals surface area (Å²) in [6.45, 7) is 0. The van der Waals surface area contributed by atoms with Crippen LogP contribution in [0.3, 0.4) is 0 Å². The number of aryl methyl sites for hydroxylation is 1. The molecule has 2 aliphatic heterocycles. The SMILES string of the molecule is CO/N=C(\C(=O)NC1C(=O)N2C(C(=O)O)=C(CSc3nc4c[n+](C)ccc4s3)CS[C@@H]12)c1csc(N)n1. The van der Waals surface area contributed by atoms with Crippen molar-refractivity contribution >= 4 is 85.0 Å². The Bertz CT molecular complexity index is 1480.